The predicted molar refractivity (Wildman–Crippen MR) is 101 cm³/mol. The first-order valence-corrected chi connectivity index (χ1v) is 9.63. The highest BCUT2D eigenvalue weighted by Gasteiger charge is 2.29. The van der Waals surface area contributed by atoms with E-state index in [2.05, 4.69) is 22.0 Å². The van der Waals surface area contributed by atoms with Crippen molar-refractivity contribution in [2.75, 3.05) is 31.1 Å². The number of amides is 1. The Balaban J connectivity index is 1.51. The number of hydrogen-bond donors (Lipinski definition) is 2. The van der Waals surface area contributed by atoms with Crippen LogP contribution in [0.2, 0.25) is 0 Å². The Bertz CT molecular complexity index is 584. The van der Waals surface area contributed by atoms with Gasteiger partial charge >= 0.3 is 0 Å². The van der Waals surface area contributed by atoms with Crippen LogP contribution < -0.4 is 10.2 Å². The molecule has 0 spiro atoms. The van der Waals surface area contributed by atoms with Gasteiger partial charge in [-0.2, -0.15) is 0 Å². The molecule has 138 valence electrons. The Morgan fingerprint density at radius 3 is 2.52 bits per heavy atom. The van der Waals surface area contributed by atoms with Gasteiger partial charge in [-0.1, -0.05) is 31.9 Å². The van der Waals surface area contributed by atoms with Gasteiger partial charge in [0.15, 0.2) is 0 Å². The molecule has 0 bridgehead atoms. The second-order valence-corrected chi connectivity index (χ2v) is 7.56. The molecule has 5 heteroatoms. The zero-order valence-electron chi connectivity index (χ0n) is 15.4. The second kappa shape index (κ2) is 8.09. The SMILES string of the molecule is C[C@@H]1CCCC[C@@H]1NC(=O)[C@@H](C)N1CCN(c2ccccc2O)CC1. The fraction of sp³-hybridized carbons (Fsp3) is 0.650. The first-order chi connectivity index (χ1) is 12.1. The van der Waals surface area contributed by atoms with E-state index in [1.165, 1.54) is 19.3 Å². The number of benzene rings is 1. The van der Waals surface area contributed by atoms with Crippen molar-refractivity contribution < 1.29 is 9.90 Å². The molecule has 1 aromatic carbocycles. The van der Waals surface area contributed by atoms with Crippen molar-refractivity contribution in [1.82, 2.24) is 10.2 Å². The molecule has 2 N–H and O–H groups in total. The van der Waals surface area contributed by atoms with Gasteiger partial charge in [-0.05, 0) is 37.8 Å². The molecule has 0 aromatic heterocycles. The summed E-state index contributed by atoms with van der Waals surface area (Å²) < 4.78 is 0. The van der Waals surface area contributed by atoms with Crippen molar-refractivity contribution in [3.8, 4) is 5.75 Å². The van der Waals surface area contributed by atoms with Crippen LogP contribution >= 0.6 is 0 Å². The third kappa shape index (κ3) is 4.27. The topological polar surface area (TPSA) is 55.8 Å². The number of aromatic hydroxyl groups is 1. The molecule has 0 radical (unpaired) electrons. The number of piperazine rings is 1. The van der Waals surface area contributed by atoms with Gasteiger partial charge in [0.05, 0.1) is 11.7 Å². The molecule has 2 fully saturated rings. The van der Waals surface area contributed by atoms with Gasteiger partial charge in [-0.25, -0.2) is 0 Å². The molecular formula is C20H31N3O2. The molecule has 3 atom stereocenters. The molecule has 1 aromatic rings. The Hall–Kier alpha value is -1.75. The van der Waals surface area contributed by atoms with Crippen LogP contribution in [-0.2, 0) is 4.79 Å². The zero-order valence-corrected chi connectivity index (χ0v) is 15.4. The zero-order chi connectivity index (χ0) is 17.8. The Morgan fingerprint density at radius 1 is 1.16 bits per heavy atom. The van der Waals surface area contributed by atoms with Crippen LogP contribution in [0.1, 0.15) is 39.5 Å². The van der Waals surface area contributed by atoms with Crippen LogP contribution in [0.5, 0.6) is 5.75 Å². The van der Waals surface area contributed by atoms with E-state index in [9.17, 15) is 9.90 Å². The van der Waals surface area contributed by atoms with Gasteiger partial charge in [0.2, 0.25) is 5.91 Å². The van der Waals surface area contributed by atoms with Crippen LogP contribution in [0.25, 0.3) is 0 Å². The number of rotatable bonds is 4. The first kappa shape index (κ1) is 18.1. The lowest BCUT2D eigenvalue weighted by Gasteiger charge is -2.39. The van der Waals surface area contributed by atoms with Crippen molar-refractivity contribution in [2.45, 2.75) is 51.6 Å². The van der Waals surface area contributed by atoms with E-state index >= 15 is 0 Å². The number of phenols is 1. The number of nitrogens with zero attached hydrogens (tertiary/aromatic N) is 2. The van der Waals surface area contributed by atoms with Gasteiger partial charge in [0.1, 0.15) is 5.75 Å². The van der Waals surface area contributed by atoms with Crippen molar-refractivity contribution in [2.24, 2.45) is 5.92 Å². The van der Waals surface area contributed by atoms with Gasteiger partial charge < -0.3 is 15.3 Å². The molecule has 1 amide bonds. The minimum atomic E-state index is -0.0966. The summed E-state index contributed by atoms with van der Waals surface area (Å²) in [7, 11) is 0. The van der Waals surface area contributed by atoms with E-state index in [0.717, 1.165) is 38.3 Å². The maximum Gasteiger partial charge on any atom is 0.237 e. The lowest BCUT2D eigenvalue weighted by molar-refractivity contribution is -0.127. The second-order valence-electron chi connectivity index (χ2n) is 7.56. The van der Waals surface area contributed by atoms with Crippen molar-refractivity contribution in [1.29, 1.82) is 0 Å². The molecule has 1 saturated heterocycles. The van der Waals surface area contributed by atoms with E-state index < -0.39 is 0 Å². The van der Waals surface area contributed by atoms with Gasteiger partial charge in [0.25, 0.3) is 0 Å². The predicted octanol–water partition coefficient (Wildman–Crippen LogP) is 2.60. The van der Waals surface area contributed by atoms with Crippen LogP contribution in [-0.4, -0.2) is 54.2 Å². The Morgan fingerprint density at radius 2 is 1.84 bits per heavy atom. The third-order valence-electron chi connectivity index (χ3n) is 5.90. The number of carbonyl (C=O) groups is 1. The number of phenolic OH excluding ortho intramolecular Hbond substituents is 1. The summed E-state index contributed by atoms with van der Waals surface area (Å²) >= 11 is 0. The molecular weight excluding hydrogens is 314 g/mol. The maximum absolute atomic E-state index is 12.7. The molecule has 1 aliphatic heterocycles. The summed E-state index contributed by atoms with van der Waals surface area (Å²) in [5.41, 5.74) is 0.885. The van der Waals surface area contributed by atoms with E-state index in [1.54, 1.807) is 6.07 Å². The highest BCUT2D eigenvalue weighted by Crippen LogP contribution is 2.27. The fourth-order valence-electron chi connectivity index (χ4n) is 4.08. The molecule has 0 unspecified atom stereocenters. The fourth-order valence-corrected chi connectivity index (χ4v) is 4.08. The number of para-hydroxylation sites is 2. The molecule has 5 nitrogen and oxygen atoms in total. The highest BCUT2D eigenvalue weighted by atomic mass is 16.3. The average Bonchev–Trinajstić information content (AvgIpc) is 2.63. The molecule has 3 rings (SSSR count). The standard InChI is InChI=1S/C20H31N3O2/c1-15-7-3-4-8-17(15)21-20(25)16(2)22-11-13-23(14-12-22)18-9-5-6-10-19(18)24/h5-6,9-10,15-17,24H,3-4,7-8,11-14H2,1-2H3,(H,21,25)/t15-,16-,17+/m1/s1. The van der Waals surface area contributed by atoms with Gasteiger partial charge in [-0.15, -0.1) is 0 Å². The summed E-state index contributed by atoms with van der Waals surface area (Å²) in [6, 6.07) is 7.71. The summed E-state index contributed by atoms with van der Waals surface area (Å²) in [5.74, 6) is 1.07. The van der Waals surface area contributed by atoms with Crippen molar-refractivity contribution >= 4 is 11.6 Å². The first-order valence-electron chi connectivity index (χ1n) is 9.63. The molecule has 2 aliphatic rings. The van der Waals surface area contributed by atoms with Crippen LogP contribution in [0.3, 0.4) is 0 Å². The highest BCUT2D eigenvalue weighted by molar-refractivity contribution is 5.81. The normalized spacial score (nSPS) is 26.2. The summed E-state index contributed by atoms with van der Waals surface area (Å²) in [6.45, 7) is 7.59. The van der Waals surface area contributed by atoms with Crippen LogP contribution in [0, 0.1) is 5.92 Å². The lowest BCUT2D eigenvalue weighted by atomic mass is 9.86. The van der Waals surface area contributed by atoms with Crippen LogP contribution in [0.15, 0.2) is 24.3 Å². The molecule has 1 saturated carbocycles. The number of hydrogen-bond acceptors (Lipinski definition) is 4. The minimum Gasteiger partial charge on any atom is -0.506 e. The Kier molecular flexibility index (Phi) is 5.84. The monoisotopic (exact) mass is 345 g/mol. The Labute approximate surface area is 151 Å². The molecule has 25 heavy (non-hydrogen) atoms. The van der Waals surface area contributed by atoms with E-state index in [-0.39, 0.29) is 11.9 Å². The minimum absolute atomic E-state index is 0.0966. The smallest absolute Gasteiger partial charge is 0.237 e. The van der Waals surface area contributed by atoms with Crippen molar-refractivity contribution in [3.05, 3.63) is 24.3 Å². The lowest BCUT2D eigenvalue weighted by Crippen LogP contribution is -2.55. The largest absolute Gasteiger partial charge is 0.506 e. The number of nitrogens with one attached hydrogen (secondary N) is 1. The molecule has 1 aliphatic carbocycles. The maximum atomic E-state index is 12.7. The third-order valence-corrected chi connectivity index (χ3v) is 5.90. The van der Waals surface area contributed by atoms with E-state index in [4.69, 9.17) is 0 Å². The van der Waals surface area contributed by atoms with E-state index in [1.807, 2.05) is 25.1 Å². The van der Waals surface area contributed by atoms with Gasteiger partial charge in [-0.3, -0.25) is 9.69 Å². The number of carbonyl (C=O) groups excluding carboxylic acids is 1. The summed E-state index contributed by atoms with van der Waals surface area (Å²) in [6.07, 6.45) is 4.85. The average molecular weight is 345 g/mol. The number of anilines is 1. The van der Waals surface area contributed by atoms with Crippen molar-refractivity contribution in [3.63, 3.8) is 0 Å². The van der Waals surface area contributed by atoms with E-state index in [0.29, 0.717) is 17.7 Å². The molecule has 1 heterocycles. The van der Waals surface area contributed by atoms with Crippen LogP contribution in [0.4, 0.5) is 5.69 Å². The quantitative estimate of drug-likeness (QED) is 0.881. The summed E-state index contributed by atoms with van der Waals surface area (Å²) in [5, 5.41) is 13.3. The summed E-state index contributed by atoms with van der Waals surface area (Å²) in [4.78, 5) is 17.1. The van der Waals surface area contributed by atoms with Gasteiger partial charge in [0, 0.05) is 32.2 Å².